The third kappa shape index (κ3) is 6.01. The van der Waals surface area contributed by atoms with Crippen LogP contribution < -0.4 is 9.46 Å². The molecule has 21 heavy (non-hydrogen) atoms. The van der Waals surface area contributed by atoms with Gasteiger partial charge in [0.1, 0.15) is 5.75 Å². The van der Waals surface area contributed by atoms with Crippen molar-refractivity contribution in [1.29, 1.82) is 0 Å². The minimum absolute atomic E-state index is 0.286. The fraction of sp³-hybridized carbons (Fsp3) is 0.462. The average Bonchev–Trinajstić information content (AvgIpc) is 2.42. The van der Waals surface area contributed by atoms with Gasteiger partial charge in [0.05, 0.1) is 5.69 Å². The molecule has 0 saturated heterocycles. The summed E-state index contributed by atoms with van der Waals surface area (Å²) in [4.78, 5) is 10.4. The molecule has 0 aliphatic carbocycles. The van der Waals surface area contributed by atoms with Gasteiger partial charge in [-0.05, 0) is 18.6 Å². The Labute approximate surface area is 124 Å². The highest BCUT2D eigenvalue weighted by Gasteiger charge is 2.17. The van der Waals surface area contributed by atoms with Crippen molar-refractivity contribution in [3.63, 3.8) is 0 Å². The van der Waals surface area contributed by atoms with Gasteiger partial charge in [0.2, 0.25) is 0 Å². The summed E-state index contributed by atoms with van der Waals surface area (Å²) < 4.78 is 32.8. The Hall–Kier alpha value is -1.80. The number of rotatable bonds is 9. The molecule has 0 aromatic heterocycles. The number of aliphatic carboxylic acids is 1. The van der Waals surface area contributed by atoms with Crippen LogP contribution in [0.2, 0.25) is 0 Å². The molecule has 2 N–H and O–H groups in total. The normalized spacial score (nSPS) is 11.4. The monoisotopic (exact) mass is 316 g/mol. The average molecular weight is 316 g/mol. The molecule has 118 valence electrons. The maximum Gasteiger partial charge on any atom is 0.341 e. The molecule has 0 amide bonds. The van der Waals surface area contributed by atoms with Crippen LogP contribution >= 0.6 is 0 Å². The highest BCUT2D eigenvalue weighted by Crippen LogP contribution is 2.19. The van der Waals surface area contributed by atoms with Crippen molar-refractivity contribution in [2.45, 2.75) is 19.8 Å². The lowest BCUT2D eigenvalue weighted by molar-refractivity contribution is -0.139. The van der Waals surface area contributed by atoms with E-state index in [0.717, 1.165) is 12.8 Å². The number of hydrogen-bond acceptors (Lipinski definition) is 4. The topological polar surface area (TPSA) is 95.9 Å². The predicted molar refractivity (Wildman–Crippen MR) is 79.7 cm³/mol. The number of anilines is 1. The molecule has 0 bridgehead atoms. The van der Waals surface area contributed by atoms with Gasteiger partial charge in [-0.1, -0.05) is 19.4 Å². The molecule has 1 rings (SSSR count). The molecule has 8 heteroatoms. The Balaban J connectivity index is 2.73. The second kappa shape index (κ2) is 7.84. The SMILES string of the molecule is CCCCN(C)S(=O)(=O)Nc1cccc(OCC(=O)O)c1. The molecule has 0 spiro atoms. The second-order valence-electron chi connectivity index (χ2n) is 4.49. The van der Waals surface area contributed by atoms with Gasteiger partial charge in [-0.15, -0.1) is 0 Å². The number of unbranched alkanes of at least 4 members (excludes halogenated alkanes) is 1. The Morgan fingerprint density at radius 2 is 2.14 bits per heavy atom. The number of benzene rings is 1. The summed E-state index contributed by atoms with van der Waals surface area (Å²) in [5.41, 5.74) is 0.321. The van der Waals surface area contributed by atoms with E-state index in [4.69, 9.17) is 9.84 Å². The molecular weight excluding hydrogens is 296 g/mol. The van der Waals surface area contributed by atoms with Gasteiger partial charge in [0.25, 0.3) is 0 Å². The molecule has 0 fully saturated rings. The van der Waals surface area contributed by atoms with E-state index in [9.17, 15) is 13.2 Å². The molecular formula is C13H20N2O5S. The number of carbonyl (C=O) groups is 1. The van der Waals surface area contributed by atoms with Gasteiger partial charge >= 0.3 is 16.2 Å². The third-order valence-electron chi connectivity index (χ3n) is 2.68. The van der Waals surface area contributed by atoms with Crippen LogP contribution in [0.5, 0.6) is 5.75 Å². The molecule has 7 nitrogen and oxygen atoms in total. The summed E-state index contributed by atoms with van der Waals surface area (Å²) in [7, 11) is -2.12. The summed E-state index contributed by atoms with van der Waals surface area (Å²) in [6.45, 7) is 1.94. The van der Waals surface area contributed by atoms with Gasteiger partial charge in [-0.2, -0.15) is 12.7 Å². The first-order chi connectivity index (χ1) is 9.85. The fourth-order valence-electron chi connectivity index (χ4n) is 1.52. The first-order valence-electron chi connectivity index (χ1n) is 6.54. The number of carboxylic acid groups (broad SMARTS) is 1. The van der Waals surface area contributed by atoms with Crippen molar-refractivity contribution < 1.29 is 23.1 Å². The van der Waals surface area contributed by atoms with E-state index in [0.29, 0.717) is 12.2 Å². The number of carboxylic acids is 1. The van der Waals surface area contributed by atoms with Gasteiger partial charge in [0, 0.05) is 19.7 Å². The lowest BCUT2D eigenvalue weighted by Crippen LogP contribution is -2.33. The molecule has 0 unspecified atom stereocenters. The van der Waals surface area contributed by atoms with E-state index in [1.807, 2.05) is 6.92 Å². The van der Waals surface area contributed by atoms with E-state index in [2.05, 4.69) is 4.72 Å². The first kappa shape index (κ1) is 17.3. The highest BCUT2D eigenvalue weighted by molar-refractivity contribution is 7.90. The zero-order chi connectivity index (χ0) is 15.9. The third-order valence-corrected chi connectivity index (χ3v) is 4.18. The first-order valence-corrected chi connectivity index (χ1v) is 7.98. The number of nitrogens with one attached hydrogen (secondary N) is 1. The second-order valence-corrected chi connectivity index (χ2v) is 6.27. The van der Waals surface area contributed by atoms with E-state index < -0.39 is 22.8 Å². The van der Waals surface area contributed by atoms with E-state index in [1.54, 1.807) is 18.2 Å². The van der Waals surface area contributed by atoms with Crippen molar-refractivity contribution in [2.24, 2.45) is 0 Å². The highest BCUT2D eigenvalue weighted by atomic mass is 32.2. The Kier molecular flexibility index (Phi) is 6.44. The molecule has 0 atom stereocenters. The van der Waals surface area contributed by atoms with Crippen molar-refractivity contribution >= 4 is 21.9 Å². The zero-order valence-electron chi connectivity index (χ0n) is 12.1. The Morgan fingerprint density at radius 3 is 2.76 bits per heavy atom. The fourth-order valence-corrected chi connectivity index (χ4v) is 2.47. The molecule has 0 saturated carbocycles. The van der Waals surface area contributed by atoms with Gasteiger partial charge < -0.3 is 9.84 Å². The summed E-state index contributed by atoms with van der Waals surface area (Å²) in [5, 5.41) is 8.54. The van der Waals surface area contributed by atoms with Crippen molar-refractivity contribution in [3.8, 4) is 5.75 Å². The molecule has 0 aliphatic rings. The number of hydrogen-bond donors (Lipinski definition) is 2. The quantitative estimate of drug-likeness (QED) is 0.720. The largest absolute Gasteiger partial charge is 0.482 e. The standard InChI is InChI=1S/C13H20N2O5S/c1-3-4-8-15(2)21(18,19)14-11-6-5-7-12(9-11)20-10-13(16)17/h5-7,9,14H,3-4,8,10H2,1-2H3,(H,16,17). The van der Waals surface area contributed by atoms with Crippen LogP contribution in [-0.4, -0.2) is 44.0 Å². The Bertz CT molecular complexity index is 574. The van der Waals surface area contributed by atoms with E-state index in [1.165, 1.54) is 17.4 Å². The minimum atomic E-state index is -3.62. The lowest BCUT2D eigenvalue weighted by Gasteiger charge is -2.18. The Morgan fingerprint density at radius 1 is 1.43 bits per heavy atom. The van der Waals surface area contributed by atoms with Crippen LogP contribution in [0.1, 0.15) is 19.8 Å². The summed E-state index contributed by atoms with van der Waals surface area (Å²) in [5.74, 6) is -0.811. The molecule has 0 heterocycles. The van der Waals surface area contributed by atoms with Crippen LogP contribution in [0.25, 0.3) is 0 Å². The van der Waals surface area contributed by atoms with Crippen molar-refractivity contribution in [1.82, 2.24) is 4.31 Å². The maximum atomic E-state index is 12.1. The van der Waals surface area contributed by atoms with E-state index >= 15 is 0 Å². The van der Waals surface area contributed by atoms with Gasteiger partial charge in [-0.3, -0.25) is 4.72 Å². The summed E-state index contributed by atoms with van der Waals surface area (Å²) in [6, 6.07) is 6.15. The van der Waals surface area contributed by atoms with Gasteiger partial charge in [-0.25, -0.2) is 4.79 Å². The zero-order valence-corrected chi connectivity index (χ0v) is 12.9. The van der Waals surface area contributed by atoms with E-state index in [-0.39, 0.29) is 5.75 Å². The lowest BCUT2D eigenvalue weighted by atomic mass is 10.3. The molecule has 1 aromatic carbocycles. The van der Waals surface area contributed by atoms with Crippen LogP contribution in [0, 0.1) is 0 Å². The predicted octanol–water partition coefficient (Wildman–Crippen LogP) is 1.54. The van der Waals surface area contributed by atoms with Crippen molar-refractivity contribution in [3.05, 3.63) is 24.3 Å². The smallest absolute Gasteiger partial charge is 0.341 e. The maximum absolute atomic E-state index is 12.1. The van der Waals surface area contributed by atoms with Crippen molar-refractivity contribution in [2.75, 3.05) is 24.9 Å². The number of ether oxygens (including phenoxy) is 1. The molecule has 0 radical (unpaired) electrons. The molecule has 1 aromatic rings. The summed E-state index contributed by atoms with van der Waals surface area (Å²) >= 11 is 0. The van der Waals surface area contributed by atoms with Crippen LogP contribution in [0.4, 0.5) is 5.69 Å². The summed E-state index contributed by atoms with van der Waals surface area (Å²) in [6.07, 6.45) is 1.68. The number of nitrogens with zero attached hydrogens (tertiary/aromatic N) is 1. The van der Waals surface area contributed by atoms with Gasteiger partial charge in [0.15, 0.2) is 6.61 Å². The van der Waals surface area contributed by atoms with Crippen LogP contribution in [0.15, 0.2) is 24.3 Å². The minimum Gasteiger partial charge on any atom is -0.482 e. The van der Waals surface area contributed by atoms with Crippen LogP contribution in [0.3, 0.4) is 0 Å². The van der Waals surface area contributed by atoms with Crippen LogP contribution in [-0.2, 0) is 15.0 Å². The molecule has 0 aliphatic heterocycles.